The summed E-state index contributed by atoms with van der Waals surface area (Å²) in [7, 11) is 0. The monoisotopic (exact) mass is 280 g/mol. The van der Waals surface area contributed by atoms with Crippen LogP contribution in [0.15, 0.2) is 60.9 Å². The molecule has 3 heteroatoms. The highest BCUT2D eigenvalue weighted by atomic mass is 19.1. The van der Waals surface area contributed by atoms with Crippen LogP contribution in [0.5, 0.6) is 0 Å². The second-order valence-electron chi connectivity index (χ2n) is 5.04. The minimum absolute atomic E-state index is 0.133. The lowest BCUT2D eigenvalue weighted by Gasteiger charge is -2.08. The molecule has 0 aliphatic carbocycles. The summed E-state index contributed by atoms with van der Waals surface area (Å²) in [6, 6.07) is 15.1. The Morgan fingerprint density at radius 2 is 1.71 bits per heavy atom. The molecular formula is C18H17FN2. The van der Waals surface area contributed by atoms with E-state index in [0.29, 0.717) is 6.42 Å². The van der Waals surface area contributed by atoms with Gasteiger partial charge in [0.1, 0.15) is 5.82 Å². The number of nitrogens with zero attached hydrogens (tertiary/aromatic N) is 1. The van der Waals surface area contributed by atoms with E-state index in [9.17, 15) is 4.39 Å². The van der Waals surface area contributed by atoms with E-state index in [1.165, 1.54) is 17.0 Å². The summed E-state index contributed by atoms with van der Waals surface area (Å²) in [5.74, 6) is -0.133. The molecule has 0 spiro atoms. The number of nitrogens with one attached hydrogen (secondary N) is 1. The lowest BCUT2D eigenvalue weighted by Crippen LogP contribution is -2.17. The molecule has 106 valence electrons. The van der Waals surface area contributed by atoms with Crippen molar-refractivity contribution in [2.75, 3.05) is 6.54 Å². The zero-order valence-electron chi connectivity index (χ0n) is 11.7. The first-order chi connectivity index (χ1) is 10.3. The molecule has 0 saturated heterocycles. The molecule has 0 unspecified atom stereocenters. The van der Waals surface area contributed by atoms with Crippen LogP contribution in [-0.4, -0.2) is 11.5 Å². The second-order valence-corrected chi connectivity index (χ2v) is 5.04. The minimum Gasteiger partial charge on any atom is -0.312 e. The molecule has 0 radical (unpaired) electrons. The van der Waals surface area contributed by atoms with Crippen LogP contribution in [0.2, 0.25) is 0 Å². The Bertz CT molecular complexity index is 735. The Kier molecular flexibility index (Phi) is 4.22. The van der Waals surface area contributed by atoms with E-state index < -0.39 is 0 Å². The lowest BCUT2D eigenvalue weighted by molar-refractivity contribution is 0.598. The van der Waals surface area contributed by atoms with Gasteiger partial charge in [-0.2, -0.15) is 0 Å². The first-order valence-electron chi connectivity index (χ1n) is 7.10. The van der Waals surface area contributed by atoms with Crippen molar-refractivity contribution in [2.24, 2.45) is 0 Å². The number of hydrogen-bond donors (Lipinski definition) is 1. The maximum absolute atomic E-state index is 13.5. The van der Waals surface area contributed by atoms with E-state index in [0.717, 1.165) is 24.0 Å². The molecule has 1 heterocycles. The SMILES string of the molecule is Fc1ccccc1CCNCc1cncc2ccccc12. The van der Waals surface area contributed by atoms with Crippen LogP contribution in [0, 0.1) is 5.82 Å². The quantitative estimate of drug-likeness (QED) is 0.721. The Morgan fingerprint density at radius 1 is 0.905 bits per heavy atom. The largest absolute Gasteiger partial charge is 0.312 e. The fourth-order valence-corrected chi connectivity index (χ4v) is 2.47. The number of aromatic nitrogens is 1. The molecule has 3 rings (SSSR count). The van der Waals surface area contributed by atoms with Crippen molar-refractivity contribution in [2.45, 2.75) is 13.0 Å². The number of halogens is 1. The van der Waals surface area contributed by atoms with Gasteiger partial charge in [0.05, 0.1) is 0 Å². The standard InChI is InChI=1S/C18H17FN2/c19-18-8-4-2-5-14(18)9-10-20-12-16-13-21-11-15-6-1-3-7-17(15)16/h1-8,11,13,20H,9-10,12H2. The highest BCUT2D eigenvalue weighted by molar-refractivity contribution is 5.84. The van der Waals surface area contributed by atoms with E-state index in [2.05, 4.69) is 22.4 Å². The topological polar surface area (TPSA) is 24.9 Å². The van der Waals surface area contributed by atoms with Crippen molar-refractivity contribution in [1.82, 2.24) is 10.3 Å². The van der Waals surface area contributed by atoms with Crippen molar-refractivity contribution in [3.05, 3.63) is 77.9 Å². The van der Waals surface area contributed by atoms with Gasteiger partial charge in [-0.3, -0.25) is 4.98 Å². The molecule has 3 aromatic rings. The molecule has 21 heavy (non-hydrogen) atoms. The number of hydrogen-bond acceptors (Lipinski definition) is 2. The number of benzene rings is 2. The Morgan fingerprint density at radius 3 is 2.62 bits per heavy atom. The maximum atomic E-state index is 13.5. The van der Waals surface area contributed by atoms with Crippen LogP contribution in [0.3, 0.4) is 0 Å². The first kappa shape index (κ1) is 13.7. The van der Waals surface area contributed by atoms with Crippen LogP contribution >= 0.6 is 0 Å². The summed E-state index contributed by atoms with van der Waals surface area (Å²) in [5, 5.41) is 5.72. The van der Waals surface area contributed by atoms with Gasteiger partial charge in [0.2, 0.25) is 0 Å². The van der Waals surface area contributed by atoms with E-state index in [1.54, 1.807) is 6.07 Å². The van der Waals surface area contributed by atoms with Gasteiger partial charge in [-0.25, -0.2) is 4.39 Å². The van der Waals surface area contributed by atoms with E-state index in [1.807, 2.05) is 36.7 Å². The van der Waals surface area contributed by atoms with Crippen LogP contribution in [0.25, 0.3) is 10.8 Å². The molecular weight excluding hydrogens is 263 g/mol. The van der Waals surface area contributed by atoms with E-state index >= 15 is 0 Å². The highest BCUT2D eigenvalue weighted by Gasteiger charge is 2.02. The molecule has 0 amide bonds. The van der Waals surface area contributed by atoms with Gasteiger partial charge in [-0.05, 0) is 35.5 Å². The Hall–Kier alpha value is -2.26. The third kappa shape index (κ3) is 3.26. The number of pyridine rings is 1. The molecule has 1 N–H and O–H groups in total. The summed E-state index contributed by atoms with van der Waals surface area (Å²) in [6.07, 6.45) is 4.45. The normalized spacial score (nSPS) is 10.9. The van der Waals surface area contributed by atoms with Crippen LogP contribution < -0.4 is 5.32 Å². The van der Waals surface area contributed by atoms with Gasteiger partial charge < -0.3 is 5.32 Å². The summed E-state index contributed by atoms with van der Waals surface area (Å²) in [4.78, 5) is 4.26. The first-order valence-corrected chi connectivity index (χ1v) is 7.10. The average Bonchev–Trinajstić information content (AvgIpc) is 2.53. The second kappa shape index (κ2) is 6.46. The fraction of sp³-hybridized carbons (Fsp3) is 0.167. The predicted molar refractivity (Wildman–Crippen MR) is 83.6 cm³/mol. The average molecular weight is 280 g/mol. The summed E-state index contributed by atoms with van der Waals surface area (Å²) in [6.45, 7) is 1.48. The number of fused-ring (bicyclic) bond motifs is 1. The molecule has 0 atom stereocenters. The molecule has 0 aliphatic heterocycles. The predicted octanol–water partition coefficient (Wildman–Crippen LogP) is 3.71. The van der Waals surface area contributed by atoms with Crippen LogP contribution in [0.4, 0.5) is 4.39 Å². The van der Waals surface area contributed by atoms with E-state index in [-0.39, 0.29) is 5.82 Å². The molecule has 0 saturated carbocycles. The summed E-state index contributed by atoms with van der Waals surface area (Å²) in [5.41, 5.74) is 1.92. The molecule has 0 aliphatic rings. The van der Waals surface area contributed by atoms with Gasteiger partial charge >= 0.3 is 0 Å². The zero-order chi connectivity index (χ0) is 14.5. The van der Waals surface area contributed by atoms with E-state index in [4.69, 9.17) is 0 Å². The van der Waals surface area contributed by atoms with Crippen molar-refractivity contribution in [3.8, 4) is 0 Å². The molecule has 2 nitrogen and oxygen atoms in total. The third-order valence-corrected chi connectivity index (χ3v) is 3.60. The van der Waals surface area contributed by atoms with Crippen LogP contribution in [0.1, 0.15) is 11.1 Å². The fourth-order valence-electron chi connectivity index (χ4n) is 2.47. The summed E-state index contributed by atoms with van der Waals surface area (Å²) < 4.78 is 13.5. The molecule has 0 fully saturated rings. The van der Waals surface area contributed by atoms with Crippen molar-refractivity contribution < 1.29 is 4.39 Å². The van der Waals surface area contributed by atoms with Crippen molar-refractivity contribution in [3.63, 3.8) is 0 Å². The Labute approximate surface area is 123 Å². The third-order valence-electron chi connectivity index (χ3n) is 3.60. The van der Waals surface area contributed by atoms with Crippen molar-refractivity contribution in [1.29, 1.82) is 0 Å². The molecule has 0 bridgehead atoms. The van der Waals surface area contributed by atoms with Crippen LogP contribution in [-0.2, 0) is 13.0 Å². The zero-order valence-corrected chi connectivity index (χ0v) is 11.7. The number of rotatable bonds is 5. The lowest BCUT2D eigenvalue weighted by atomic mass is 10.1. The molecule has 2 aromatic carbocycles. The molecule has 1 aromatic heterocycles. The van der Waals surface area contributed by atoms with Gasteiger partial charge in [0.15, 0.2) is 0 Å². The van der Waals surface area contributed by atoms with Gasteiger partial charge in [0.25, 0.3) is 0 Å². The van der Waals surface area contributed by atoms with Gasteiger partial charge in [0, 0.05) is 24.3 Å². The minimum atomic E-state index is -0.133. The smallest absolute Gasteiger partial charge is 0.126 e. The maximum Gasteiger partial charge on any atom is 0.126 e. The summed E-state index contributed by atoms with van der Waals surface area (Å²) >= 11 is 0. The van der Waals surface area contributed by atoms with Crippen molar-refractivity contribution >= 4 is 10.8 Å². The highest BCUT2D eigenvalue weighted by Crippen LogP contribution is 2.16. The van der Waals surface area contributed by atoms with Gasteiger partial charge in [-0.15, -0.1) is 0 Å². The van der Waals surface area contributed by atoms with Gasteiger partial charge in [-0.1, -0.05) is 42.5 Å². The Balaban J connectivity index is 1.61.